The quantitative estimate of drug-likeness (QED) is 0.739. The van der Waals surface area contributed by atoms with Gasteiger partial charge in [-0.1, -0.05) is 18.2 Å². The number of hydrogen-bond donors (Lipinski definition) is 1. The van der Waals surface area contributed by atoms with Gasteiger partial charge in [-0.05, 0) is 25.1 Å². The lowest BCUT2D eigenvalue weighted by molar-refractivity contribution is -0.141. The van der Waals surface area contributed by atoms with Crippen molar-refractivity contribution in [2.24, 2.45) is 5.73 Å². The third kappa shape index (κ3) is 2.52. The van der Waals surface area contributed by atoms with E-state index in [1.165, 1.54) is 4.90 Å². The highest BCUT2D eigenvalue weighted by molar-refractivity contribution is 6.23. The van der Waals surface area contributed by atoms with Gasteiger partial charge in [0.25, 0.3) is 0 Å². The highest BCUT2D eigenvalue weighted by Crippen LogP contribution is 2.56. The molecule has 3 heterocycles. The number of benzene rings is 1. The Bertz CT molecular complexity index is 1210. The second-order valence-corrected chi connectivity index (χ2v) is 8.04. The second kappa shape index (κ2) is 7.12. The van der Waals surface area contributed by atoms with E-state index in [0.717, 1.165) is 0 Å². The van der Waals surface area contributed by atoms with Crippen molar-refractivity contribution in [2.75, 3.05) is 18.6 Å². The molecule has 0 fully saturated rings. The van der Waals surface area contributed by atoms with Crippen molar-refractivity contribution in [3.8, 4) is 0 Å². The molecule has 2 N–H and O–H groups in total. The van der Waals surface area contributed by atoms with E-state index in [1.807, 2.05) is 0 Å². The summed E-state index contributed by atoms with van der Waals surface area (Å²) in [6.45, 7) is 1.74. The van der Waals surface area contributed by atoms with E-state index in [2.05, 4.69) is 0 Å². The fourth-order valence-electron chi connectivity index (χ4n) is 5.11. The average molecular weight is 434 g/mol. The number of allylic oxidation sites excluding steroid dienone is 1. The molecule has 8 nitrogen and oxygen atoms in total. The summed E-state index contributed by atoms with van der Waals surface area (Å²) in [5.74, 6) is -1.06. The first-order valence-electron chi connectivity index (χ1n) is 10.4. The molecule has 0 bridgehead atoms. The standard InChI is InChI=1S/C24H22N2O6/c1-3-30-22(28)20-21(25)32-18-12-13(17-9-6-10-31-17)11-16(27)19(18)24(20)14-7-4-5-8-15(14)26(2)23(24)29/h4-10,13H,3,11-12,25H2,1-2H3/t13-,24-/m0/s1. The number of nitrogens with two attached hydrogens (primary N) is 1. The van der Waals surface area contributed by atoms with Gasteiger partial charge in [0.05, 0.1) is 18.4 Å². The summed E-state index contributed by atoms with van der Waals surface area (Å²) in [6.07, 6.45) is 1.98. The molecular weight excluding hydrogens is 412 g/mol. The summed E-state index contributed by atoms with van der Waals surface area (Å²) >= 11 is 0. The largest absolute Gasteiger partial charge is 0.469 e. The number of likely N-dealkylation sites (N-methyl/N-ethyl adjacent to an activating group) is 1. The lowest BCUT2D eigenvalue weighted by Gasteiger charge is -2.40. The smallest absolute Gasteiger partial charge is 0.341 e. The lowest BCUT2D eigenvalue weighted by Crippen LogP contribution is -2.51. The first-order chi connectivity index (χ1) is 15.4. The topological polar surface area (TPSA) is 112 Å². The number of rotatable bonds is 3. The van der Waals surface area contributed by atoms with Crippen LogP contribution in [0.2, 0.25) is 0 Å². The van der Waals surface area contributed by atoms with E-state index in [4.69, 9.17) is 19.6 Å². The van der Waals surface area contributed by atoms with E-state index in [9.17, 15) is 14.4 Å². The summed E-state index contributed by atoms with van der Waals surface area (Å²) in [5.41, 5.74) is 5.67. The number of amides is 1. The SMILES string of the molecule is CCOC(=O)C1=C(N)OC2=C(C(=O)C[C@H](c3ccco3)C2)[C@]12C(=O)N(C)c1ccccc12. The number of ether oxygens (including phenoxy) is 2. The number of carbonyl (C=O) groups excluding carboxylic acids is 3. The minimum atomic E-state index is -1.71. The van der Waals surface area contributed by atoms with Gasteiger partial charge in [-0.3, -0.25) is 9.59 Å². The van der Waals surface area contributed by atoms with Gasteiger partial charge in [0.15, 0.2) is 5.78 Å². The van der Waals surface area contributed by atoms with Gasteiger partial charge < -0.3 is 24.5 Å². The Morgan fingerprint density at radius 2 is 2.00 bits per heavy atom. The molecule has 0 saturated carbocycles. The molecule has 164 valence electrons. The molecule has 1 aromatic carbocycles. The number of furan rings is 1. The Hall–Kier alpha value is -3.81. The molecule has 0 unspecified atom stereocenters. The van der Waals surface area contributed by atoms with Crippen LogP contribution in [-0.2, 0) is 29.3 Å². The molecule has 3 aliphatic rings. The minimum Gasteiger partial charge on any atom is -0.469 e. The maximum absolute atomic E-state index is 13.9. The third-order valence-electron chi connectivity index (χ3n) is 6.37. The van der Waals surface area contributed by atoms with Gasteiger partial charge in [-0.15, -0.1) is 0 Å². The maximum Gasteiger partial charge on any atom is 0.341 e. The van der Waals surface area contributed by atoms with Gasteiger partial charge in [-0.25, -0.2) is 4.79 Å². The van der Waals surface area contributed by atoms with E-state index in [0.29, 0.717) is 23.4 Å². The monoisotopic (exact) mass is 434 g/mol. The minimum absolute atomic E-state index is 0.0811. The fraction of sp³-hybridized carbons (Fsp3) is 0.292. The third-order valence-corrected chi connectivity index (χ3v) is 6.37. The molecule has 2 aliphatic heterocycles. The van der Waals surface area contributed by atoms with Crippen LogP contribution in [0, 0.1) is 0 Å². The van der Waals surface area contributed by atoms with Crippen molar-refractivity contribution in [1.82, 2.24) is 0 Å². The predicted molar refractivity (Wildman–Crippen MR) is 113 cm³/mol. The van der Waals surface area contributed by atoms with Crippen molar-refractivity contribution in [3.05, 3.63) is 76.8 Å². The summed E-state index contributed by atoms with van der Waals surface area (Å²) < 4.78 is 16.6. The number of fused-ring (bicyclic) bond motifs is 3. The normalized spacial score (nSPS) is 24.6. The van der Waals surface area contributed by atoms with Crippen molar-refractivity contribution in [1.29, 1.82) is 0 Å². The van der Waals surface area contributed by atoms with Crippen LogP contribution < -0.4 is 10.6 Å². The van der Waals surface area contributed by atoms with Crippen LogP contribution in [0.25, 0.3) is 0 Å². The number of hydrogen-bond acceptors (Lipinski definition) is 7. The highest BCUT2D eigenvalue weighted by Gasteiger charge is 2.63. The number of nitrogens with zero attached hydrogens (tertiary/aromatic N) is 1. The zero-order valence-corrected chi connectivity index (χ0v) is 17.7. The Kier molecular flexibility index (Phi) is 4.47. The van der Waals surface area contributed by atoms with Gasteiger partial charge in [0.2, 0.25) is 11.8 Å². The van der Waals surface area contributed by atoms with Gasteiger partial charge in [-0.2, -0.15) is 0 Å². The zero-order chi connectivity index (χ0) is 22.6. The number of ketones is 1. The van der Waals surface area contributed by atoms with Crippen molar-refractivity contribution < 1.29 is 28.3 Å². The Morgan fingerprint density at radius 1 is 1.22 bits per heavy atom. The number of carbonyl (C=O) groups is 3. The first-order valence-corrected chi connectivity index (χ1v) is 10.4. The molecular formula is C24H22N2O6. The van der Waals surface area contributed by atoms with Gasteiger partial charge >= 0.3 is 5.97 Å². The van der Waals surface area contributed by atoms with Crippen molar-refractivity contribution in [2.45, 2.75) is 31.1 Å². The molecule has 0 radical (unpaired) electrons. The van der Waals surface area contributed by atoms with E-state index in [1.54, 1.807) is 56.6 Å². The van der Waals surface area contributed by atoms with Crippen LogP contribution in [0.4, 0.5) is 5.69 Å². The average Bonchev–Trinajstić information content (AvgIpc) is 3.37. The molecule has 1 aliphatic carbocycles. The molecule has 0 saturated heterocycles. The number of para-hydroxylation sites is 1. The zero-order valence-electron chi connectivity index (χ0n) is 17.7. The summed E-state index contributed by atoms with van der Waals surface area (Å²) in [6, 6.07) is 10.6. The number of esters is 1. The summed E-state index contributed by atoms with van der Waals surface area (Å²) in [7, 11) is 1.61. The second-order valence-electron chi connectivity index (χ2n) is 8.04. The maximum atomic E-state index is 13.9. The van der Waals surface area contributed by atoms with Crippen LogP contribution in [0.5, 0.6) is 0 Å². The van der Waals surface area contributed by atoms with Crippen molar-refractivity contribution >= 4 is 23.3 Å². The number of Topliss-reactive ketones (excluding diaryl/α,β-unsaturated/α-hetero) is 1. The van der Waals surface area contributed by atoms with Crippen LogP contribution in [0.15, 0.2) is 69.9 Å². The highest BCUT2D eigenvalue weighted by atomic mass is 16.5. The molecule has 2 aromatic rings. The van der Waals surface area contributed by atoms with Crippen LogP contribution in [0.1, 0.15) is 37.0 Å². The van der Waals surface area contributed by atoms with Crippen LogP contribution in [-0.4, -0.2) is 31.3 Å². The van der Waals surface area contributed by atoms with E-state index < -0.39 is 17.3 Å². The first kappa shape index (κ1) is 20.1. The molecule has 1 spiro atoms. The lowest BCUT2D eigenvalue weighted by atomic mass is 9.63. The Labute approximate surface area is 184 Å². The predicted octanol–water partition coefficient (Wildman–Crippen LogP) is 2.66. The molecule has 1 amide bonds. The summed E-state index contributed by atoms with van der Waals surface area (Å²) in [4.78, 5) is 42.1. The summed E-state index contributed by atoms with van der Waals surface area (Å²) in [5, 5.41) is 0. The van der Waals surface area contributed by atoms with Crippen LogP contribution in [0.3, 0.4) is 0 Å². The molecule has 32 heavy (non-hydrogen) atoms. The Morgan fingerprint density at radius 3 is 2.72 bits per heavy atom. The molecule has 8 heteroatoms. The fourth-order valence-corrected chi connectivity index (χ4v) is 5.11. The molecule has 2 atom stereocenters. The van der Waals surface area contributed by atoms with Crippen LogP contribution >= 0.6 is 0 Å². The van der Waals surface area contributed by atoms with Gasteiger partial charge in [0.1, 0.15) is 22.5 Å². The van der Waals surface area contributed by atoms with Gasteiger partial charge in [0, 0.05) is 37.1 Å². The molecule has 5 rings (SSSR count). The molecule has 1 aromatic heterocycles. The Balaban J connectivity index is 1.78. The number of anilines is 1. The van der Waals surface area contributed by atoms with E-state index >= 15 is 0 Å². The van der Waals surface area contributed by atoms with E-state index in [-0.39, 0.29) is 47.5 Å². The van der Waals surface area contributed by atoms with Crippen molar-refractivity contribution in [3.63, 3.8) is 0 Å².